The van der Waals surface area contributed by atoms with Crippen LogP contribution in [0.5, 0.6) is 0 Å². The molecule has 0 spiro atoms. The predicted molar refractivity (Wildman–Crippen MR) is 86.5 cm³/mol. The zero-order valence-corrected chi connectivity index (χ0v) is 13.4. The van der Waals surface area contributed by atoms with Crippen molar-refractivity contribution in [1.29, 1.82) is 0 Å². The van der Waals surface area contributed by atoms with Crippen molar-refractivity contribution in [1.82, 2.24) is 0 Å². The van der Waals surface area contributed by atoms with Gasteiger partial charge in [0.25, 0.3) is 0 Å². The molecule has 1 fully saturated rings. The fraction of sp³-hybridized carbons (Fsp3) is 0.533. The molecule has 4 nitrogen and oxygen atoms in total. The molecule has 0 aromatic heterocycles. The Kier molecular flexibility index (Phi) is 5.29. The topological polar surface area (TPSA) is 61.8 Å². The second-order valence-corrected chi connectivity index (χ2v) is 6.20. The molecule has 0 bridgehead atoms. The van der Waals surface area contributed by atoms with E-state index < -0.39 is 0 Å². The Hall–Kier alpha value is -1.23. The molecule has 1 aliphatic heterocycles. The van der Waals surface area contributed by atoms with Crippen molar-refractivity contribution >= 4 is 27.5 Å². The van der Waals surface area contributed by atoms with Gasteiger partial charge in [-0.3, -0.25) is 0 Å². The average molecular weight is 340 g/mol. The molecule has 1 unspecified atom stereocenters. The summed E-state index contributed by atoms with van der Waals surface area (Å²) in [6.45, 7) is 4.49. The number of amidine groups is 1. The Morgan fingerprint density at radius 1 is 1.45 bits per heavy atom. The number of hydrogen-bond acceptors (Lipinski definition) is 3. The second-order valence-electron chi connectivity index (χ2n) is 5.34. The lowest BCUT2D eigenvalue weighted by Gasteiger charge is -2.23. The van der Waals surface area contributed by atoms with E-state index in [0.717, 1.165) is 29.0 Å². The van der Waals surface area contributed by atoms with Gasteiger partial charge in [0.2, 0.25) is 0 Å². The molecule has 110 valence electrons. The van der Waals surface area contributed by atoms with Crippen LogP contribution in [0.4, 0.5) is 5.69 Å². The summed E-state index contributed by atoms with van der Waals surface area (Å²) < 4.78 is 0.863. The predicted octanol–water partition coefficient (Wildman–Crippen LogP) is 3.56. The Balaban J connectivity index is 2.15. The van der Waals surface area contributed by atoms with E-state index in [1.54, 1.807) is 0 Å². The summed E-state index contributed by atoms with van der Waals surface area (Å²) in [6.07, 6.45) is 5.12. The van der Waals surface area contributed by atoms with E-state index in [4.69, 9.17) is 10.9 Å². The quantitative estimate of drug-likeness (QED) is 0.383. The molecule has 0 radical (unpaired) electrons. The van der Waals surface area contributed by atoms with Crippen LogP contribution in [0.1, 0.15) is 38.2 Å². The van der Waals surface area contributed by atoms with Crippen molar-refractivity contribution in [3.63, 3.8) is 0 Å². The van der Waals surface area contributed by atoms with Gasteiger partial charge in [-0.2, -0.15) is 0 Å². The second kappa shape index (κ2) is 6.97. The lowest BCUT2D eigenvalue weighted by molar-refractivity contribution is 0.318. The van der Waals surface area contributed by atoms with Crippen LogP contribution in [0.2, 0.25) is 0 Å². The average Bonchev–Trinajstić information content (AvgIpc) is 2.71. The van der Waals surface area contributed by atoms with Gasteiger partial charge >= 0.3 is 0 Å². The first kappa shape index (κ1) is 15.2. The molecule has 1 atom stereocenters. The van der Waals surface area contributed by atoms with Crippen LogP contribution in [0.25, 0.3) is 0 Å². The molecule has 5 heteroatoms. The summed E-state index contributed by atoms with van der Waals surface area (Å²) >= 11 is 3.50. The monoisotopic (exact) mass is 339 g/mol. The van der Waals surface area contributed by atoms with Crippen LogP contribution in [-0.2, 0) is 0 Å². The highest BCUT2D eigenvalue weighted by Crippen LogP contribution is 2.28. The van der Waals surface area contributed by atoms with Crippen LogP contribution >= 0.6 is 15.9 Å². The lowest BCUT2D eigenvalue weighted by atomic mass is 9.98. The highest BCUT2D eigenvalue weighted by Gasteiger charge is 2.17. The molecule has 1 heterocycles. The maximum Gasteiger partial charge on any atom is 0.171 e. The zero-order chi connectivity index (χ0) is 14.5. The standard InChI is InChI=1S/C15H22BrN3O/c1-2-11-4-3-8-19(9-7-11)12-5-6-13(14(16)10-12)15(17)18-20/h5-6,10-11,20H,2-4,7-9H2,1H3,(H2,17,18). The molecule has 3 N–H and O–H groups in total. The molecule has 1 aliphatic rings. The molecule has 1 aromatic carbocycles. The van der Waals surface area contributed by atoms with Crippen molar-refractivity contribution in [2.24, 2.45) is 16.8 Å². The Labute approximate surface area is 128 Å². The van der Waals surface area contributed by atoms with Gasteiger partial charge in [-0.1, -0.05) is 18.5 Å². The van der Waals surface area contributed by atoms with Crippen LogP contribution in [-0.4, -0.2) is 24.1 Å². The molecule has 0 aliphatic carbocycles. The van der Waals surface area contributed by atoms with E-state index in [1.807, 2.05) is 12.1 Å². The third-order valence-corrected chi connectivity index (χ3v) is 4.78. The van der Waals surface area contributed by atoms with E-state index in [0.29, 0.717) is 0 Å². The summed E-state index contributed by atoms with van der Waals surface area (Å²) in [5.41, 5.74) is 7.56. The summed E-state index contributed by atoms with van der Waals surface area (Å²) in [5.74, 6) is 0.991. The van der Waals surface area contributed by atoms with Gasteiger partial charge in [0.1, 0.15) is 0 Å². The number of anilines is 1. The molecular formula is C15H22BrN3O. The zero-order valence-electron chi connectivity index (χ0n) is 11.8. The van der Waals surface area contributed by atoms with Crippen molar-refractivity contribution in [3.05, 3.63) is 28.2 Å². The number of halogens is 1. The first-order chi connectivity index (χ1) is 9.65. The van der Waals surface area contributed by atoms with Crippen molar-refractivity contribution in [2.45, 2.75) is 32.6 Å². The third-order valence-electron chi connectivity index (χ3n) is 4.13. The van der Waals surface area contributed by atoms with Crippen molar-refractivity contribution < 1.29 is 5.21 Å². The largest absolute Gasteiger partial charge is 0.409 e. The molecule has 1 aromatic rings. The number of nitrogens with two attached hydrogens (primary N) is 1. The third kappa shape index (κ3) is 3.45. The SMILES string of the molecule is CCC1CCCN(c2ccc(/C(N)=N/O)c(Br)c2)CC1. The summed E-state index contributed by atoms with van der Waals surface area (Å²) in [7, 11) is 0. The molecule has 1 saturated heterocycles. The molecule has 20 heavy (non-hydrogen) atoms. The highest BCUT2D eigenvalue weighted by molar-refractivity contribution is 9.10. The number of hydrogen-bond donors (Lipinski definition) is 2. The van der Waals surface area contributed by atoms with Gasteiger partial charge in [0.05, 0.1) is 0 Å². The Bertz CT molecular complexity index is 490. The number of rotatable bonds is 3. The molecule has 0 saturated carbocycles. The van der Waals surface area contributed by atoms with E-state index in [9.17, 15) is 0 Å². The number of oxime groups is 1. The van der Waals surface area contributed by atoms with E-state index in [2.05, 4.69) is 39.0 Å². The van der Waals surface area contributed by atoms with E-state index in [-0.39, 0.29) is 5.84 Å². The summed E-state index contributed by atoms with van der Waals surface area (Å²) in [5, 5.41) is 11.8. The molecule has 0 amide bonds. The van der Waals surface area contributed by atoms with Crippen LogP contribution in [0.15, 0.2) is 27.8 Å². The first-order valence-corrected chi connectivity index (χ1v) is 7.97. The highest BCUT2D eigenvalue weighted by atomic mass is 79.9. The van der Waals surface area contributed by atoms with Crippen molar-refractivity contribution in [3.8, 4) is 0 Å². The minimum absolute atomic E-state index is 0.130. The van der Waals surface area contributed by atoms with Gasteiger partial charge in [0, 0.05) is 28.8 Å². The molecular weight excluding hydrogens is 318 g/mol. The van der Waals surface area contributed by atoms with Crippen LogP contribution in [0, 0.1) is 5.92 Å². The number of benzene rings is 1. The normalized spacial score (nSPS) is 20.8. The van der Waals surface area contributed by atoms with Crippen LogP contribution < -0.4 is 10.6 Å². The lowest BCUT2D eigenvalue weighted by Crippen LogP contribution is -2.24. The van der Waals surface area contributed by atoms with E-state index in [1.165, 1.54) is 31.4 Å². The van der Waals surface area contributed by atoms with Gasteiger partial charge in [0.15, 0.2) is 5.84 Å². The Morgan fingerprint density at radius 2 is 2.25 bits per heavy atom. The molecule has 2 rings (SSSR count). The van der Waals surface area contributed by atoms with Gasteiger partial charge < -0.3 is 15.8 Å². The summed E-state index contributed by atoms with van der Waals surface area (Å²) in [6, 6.07) is 6.00. The smallest absolute Gasteiger partial charge is 0.171 e. The minimum Gasteiger partial charge on any atom is -0.409 e. The Morgan fingerprint density at radius 3 is 2.90 bits per heavy atom. The van der Waals surface area contributed by atoms with Gasteiger partial charge in [-0.15, -0.1) is 0 Å². The van der Waals surface area contributed by atoms with E-state index >= 15 is 0 Å². The maximum absolute atomic E-state index is 8.76. The fourth-order valence-electron chi connectivity index (χ4n) is 2.79. The minimum atomic E-state index is 0.130. The first-order valence-electron chi connectivity index (χ1n) is 7.18. The van der Waals surface area contributed by atoms with Gasteiger partial charge in [-0.25, -0.2) is 0 Å². The number of nitrogens with zero attached hydrogens (tertiary/aromatic N) is 2. The fourth-order valence-corrected chi connectivity index (χ4v) is 3.36. The van der Waals surface area contributed by atoms with Gasteiger partial charge in [-0.05, 0) is 59.3 Å². The van der Waals surface area contributed by atoms with Crippen LogP contribution in [0.3, 0.4) is 0 Å². The van der Waals surface area contributed by atoms with Crippen molar-refractivity contribution in [2.75, 3.05) is 18.0 Å². The maximum atomic E-state index is 8.76. The summed E-state index contributed by atoms with van der Waals surface area (Å²) in [4.78, 5) is 2.43.